The quantitative estimate of drug-likeness (QED) is 0.582. The standard InChI is InChI=1S/C19H22F4O/c20-17-12-14(8-10-18(17)24-19(21,22)23)6-5-13-7-9-15-3-1-2-4-16(15)11-13/h5-6,8,10,12-13,15-16H,1-4,7,9,11H2/b6-5+. The third-order valence-corrected chi connectivity index (χ3v) is 5.32. The molecular weight excluding hydrogens is 320 g/mol. The van der Waals surface area contributed by atoms with Crippen molar-refractivity contribution in [2.24, 2.45) is 17.8 Å². The lowest BCUT2D eigenvalue weighted by atomic mass is 9.67. The van der Waals surface area contributed by atoms with Gasteiger partial charge in [0.25, 0.3) is 0 Å². The van der Waals surface area contributed by atoms with E-state index in [0.29, 0.717) is 11.5 Å². The molecule has 0 bridgehead atoms. The van der Waals surface area contributed by atoms with Crippen LogP contribution in [0.25, 0.3) is 6.08 Å². The van der Waals surface area contributed by atoms with Crippen molar-refractivity contribution in [2.75, 3.05) is 0 Å². The van der Waals surface area contributed by atoms with Gasteiger partial charge in [-0.2, -0.15) is 0 Å². The Labute approximate surface area is 139 Å². The minimum atomic E-state index is -4.88. The topological polar surface area (TPSA) is 9.23 Å². The molecule has 2 fully saturated rings. The molecule has 0 aliphatic heterocycles. The maximum Gasteiger partial charge on any atom is 0.573 e. The Hall–Kier alpha value is -1.52. The SMILES string of the molecule is Fc1cc(/C=C/C2CCC3CCCCC3C2)ccc1OC(F)(F)F. The predicted molar refractivity (Wildman–Crippen MR) is 84.9 cm³/mol. The lowest BCUT2D eigenvalue weighted by molar-refractivity contribution is -0.275. The van der Waals surface area contributed by atoms with Gasteiger partial charge < -0.3 is 4.74 Å². The van der Waals surface area contributed by atoms with Crippen molar-refractivity contribution in [2.45, 2.75) is 51.3 Å². The van der Waals surface area contributed by atoms with E-state index in [1.54, 1.807) is 0 Å². The van der Waals surface area contributed by atoms with Crippen LogP contribution in [0.3, 0.4) is 0 Å². The van der Waals surface area contributed by atoms with E-state index in [4.69, 9.17) is 0 Å². The molecule has 2 saturated carbocycles. The second-order valence-electron chi connectivity index (χ2n) is 6.97. The Morgan fingerprint density at radius 1 is 1.00 bits per heavy atom. The monoisotopic (exact) mass is 342 g/mol. The molecule has 5 heteroatoms. The van der Waals surface area contributed by atoms with Crippen molar-refractivity contribution in [1.29, 1.82) is 0 Å². The number of benzene rings is 1. The van der Waals surface area contributed by atoms with E-state index >= 15 is 0 Å². The average molecular weight is 342 g/mol. The van der Waals surface area contributed by atoms with E-state index in [-0.39, 0.29) is 0 Å². The van der Waals surface area contributed by atoms with Crippen molar-refractivity contribution in [3.8, 4) is 5.75 Å². The minimum absolute atomic E-state index is 0.485. The molecule has 0 spiro atoms. The van der Waals surface area contributed by atoms with Gasteiger partial charge in [-0.3, -0.25) is 0 Å². The van der Waals surface area contributed by atoms with Crippen LogP contribution in [-0.4, -0.2) is 6.36 Å². The Morgan fingerprint density at radius 2 is 1.75 bits per heavy atom. The van der Waals surface area contributed by atoms with Crippen LogP contribution in [0.1, 0.15) is 50.5 Å². The zero-order valence-corrected chi connectivity index (χ0v) is 13.5. The molecule has 1 aromatic carbocycles. The largest absolute Gasteiger partial charge is 0.573 e. The number of alkyl halides is 3. The molecule has 0 radical (unpaired) electrons. The number of ether oxygens (including phenoxy) is 1. The number of hydrogen-bond donors (Lipinski definition) is 0. The van der Waals surface area contributed by atoms with E-state index in [0.717, 1.165) is 30.4 Å². The lowest BCUT2D eigenvalue weighted by Crippen LogP contribution is -2.26. The van der Waals surface area contributed by atoms with Gasteiger partial charge in [0.2, 0.25) is 0 Å². The molecule has 0 aromatic heterocycles. The Morgan fingerprint density at radius 3 is 2.46 bits per heavy atom. The first-order valence-electron chi connectivity index (χ1n) is 8.64. The molecule has 2 aliphatic rings. The van der Waals surface area contributed by atoms with E-state index < -0.39 is 17.9 Å². The van der Waals surface area contributed by atoms with Crippen molar-refractivity contribution < 1.29 is 22.3 Å². The molecule has 3 atom stereocenters. The van der Waals surface area contributed by atoms with Gasteiger partial charge in [-0.1, -0.05) is 43.9 Å². The summed E-state index contributed by atoms with van der Waals surface area (Å²) in [4.78, 5) is 0. The highest BCUT2D eigenvalue weighted by Gasteiger charge is 2.32. The zero-order valence-electron chi connectivity index (χ0n) is 13.5. The van der Waals surface area contributed by atoms with Gasteiger partial charge in [-0.05, 0) is 54.7 Å². The molecule has 0 amide bonds. The minimum Gasteiger partial charge on any atom is -0.403 e. The molecule has 24 heavy (non-hydrogen) atoms. The summed E-state index contributed by atoms with van der Waals surface area (Å²) in [6, 6.07) is 3.57. The first-order valence-corrected chi connectivity index (χ1v) is 8.64. The van der Waals surface area contributed by atoms with Gasteiger partial charge in [-0.15, -0.1) is 13.2 Å². The molecule has 1 nitrogen and oxygen atoms in total. The number of rotatable bonds is 3. The Bertz CT molecular complexity index is 594. The fourth-order valence-corrected chi connectivity index (χ4v) is 4.16. The number of hydrogen-bond acceptors (Lipinski definition) is 1. The summed E-state index contributed by atoms with van der Waals surface area (Å²) >= 11 is 0. The summed E-state index contributed by atoms with van der Waals surface area (Å²) in [5.74, 6) is 0.382. The molecule has 1 aromatic rings. The van der Waals surface area contributed by atoms with E-state index in [2.05, 4.69) is 10.8 Å². The maximum absolute atomic E-state index is 13.7. The second-order valence-corrected chi connectivity index (χ2v) is 6.97. The highest BCUT2D eigenvalue weighted by atomic mass is 19.4. The van der Waals surface area contributed by atoms with E-state index in [1.807, 2.05) is 6.08 Å². The smallest absolute Gasteiger partial charge is 0.403 e. The summed E-state index contributed by atoms with van der Waals surface area (Å²) < 4.78 is 53.8. The number of halogens is 4. The van der Waals surface area contributed by atoms with Gasteiger partial charge in [0.05, 0.1) is 0 Å². The van der Waals surface area contributed by atoms with Crippen LogP contribution in [0, 0.1) is 23.6 Å². The summed E-state index contributed by atoms with van der Waals surface area (Å²) in [7, 11) is 0. The molecule has 132 valence electrons. The normalized spacial score (nSPS) is 27.9. The van der Waals surface area contributed by atoms with Crippen molar-refractivity contribution in [1.82, 2.24) is 0 Å². The van der Waals surface area contributed by atoms with Gasteiger partial charge in [0.15, 0.2) is 11.6 Å². The number of allylic oxidation sites excluding steroid dienone is 1. The second kappa shape index (κ2) is 7.16. The van der Waals surface area contributed by atoms with E-state index in [9.17, 15) is 17.6 Å². The fraction of sp³-hybridized carbons (Fsp3) is 0.579. The van der Waals surface area contributed by atoms with Gasteiger partial charge >= 0.3 is 6.36 Å². The fourth-order valence-electron chi connectivity index (χ4n) is 4.16. The maximum atomic E-state index is 13.7. The molecule has 0 saturated heterocycles. The van der Waals surface area contributed by atoms with Crippen molar-refractivity contribution in [3.63, 3.8) is 0 Å². The third kappa shape index (κ3) is 4.52. The summed E-state index contributed by atoms with van der Waals surface area (Å²) in [5.41, 5.74) is 0.563. The van der Waals surface area contributed by atoms with E-state index in [1.165, 1.54) is 44.6 Å². The summed E-state index contributed by atoms with van der Waals surface area (Å²) in [6.07, 6.45) is 7.95. The van der Waals surface area contributed by atoms with Crippen LogP contribution in [0.2, 0.25) is 0 Å². The highest BCUT2D eigenvalue weighted by molar-refractivity contribution is 5.51. The lowest BCUT2D eigenvalue weighted by Gasteiger charge is -2.38. The van der Waals surface area contributed by atoms with Crippen LogP contribution in [0.15, 0.2) is 24.3 Å². The van der Waals surface area contributed by atoms with Gasteiger partial charge in [-0.25, -0.2) is 4.39 Å². The van der Waals surface area contributed by atoms with Crippen LogP contribution in [0.4, 0.5) is 17.6 Å². The Kier molecular flexibility index (Phi) is 5.16. The van der Waals surface area contributed by atoms with Crippen LogP contribution < -0.4 is 4.74 Å². The van der Waals surface area contributed by atoms with Gasteiger partial charge in [0.1, 0.15) is 0 Å². The van der Waals surface area contributed by atoms with Crippen LogP contribution >= 0.6 is 0 Å². The van der Waals surface area contributed by atoms with Crippen LogP contribution in [-0.2, 0) is 0 Å². The van der Waals surface area contributed by atoms with Crippen LogP contribution in [0.5, 0.6) is 5.75 Å². The zero-order chi connectivity index (χ0) is 17.2. The molecule has 2 aliphatic carbocycles. The third-order valence-electron chi connectivity index (χ3n) is 5.32. The highest BCUT2D eigenvalue weighted by Crippen LogP contribution is 2.43. The summed E-state index contributed by atoms with van der Waals surface area (Å²) in [6.45, 7) is 0. The van der Waals surface area contributed by atoms with Crippen molar-refractivity contribution >= 4 is 6.08 Å². The molecule has 0 heterocycles. The van der Waals surface area contributed by atoms with Crippen molar-refractivity contribution in [3.05, 3.63) is 35.7 Å². The predicted octanol–water partition coefficient (Wildman–Crippen LogP) is 6.34. The first kappa shape index (κ1) is 17.3. The molecule has 3 unspecified atom stereocenters. The number of fused-ring (bicyclic) bond motifs is 1. The molecule has 0 N–H and O–H groups in total. The molecular formula is C19H22F4O. The Balaban J connectivity index is 1.61. The summed E-state index contributed by atoms with van der Waals surface area (Å²) in [5, 5.41) is 0. The van der Waals surface area contributed by atoms with Gasteiger partial charge in [0, 0.05) is 0 Å². The molecule has 3 rings (SSSR count). The first-order chi connectivity index (χ1) is 11.4. The average Bonchev–Trinajstić information content (AvgIpc) is 2.54.